The van der Waals surface area contributed by atoms with Crippen LogP contribution >= 0.6 is 11.5 Å². The summed E-state index contributed by atoms with van der Waals surface area (Å²) in [5, 5.41) is 24.0. The van der Waals surface area contributed by atoms with Crippen molar-refractivity contribution in [2.45, 2.75) is 46.1 Å². The average molecular weight is 552 g/mol. The molecule has 0 saturated carbocycles. The molecule has 1 aromatic heterocycles. The number of aliphatic hydroxyl groups is 1. The number of rotatable bonds is 14. The molecule has 0 atom stereocenters. The standard InChI is InChI=1S/C26H38FN5O5S/c1-18-15-19(2)20(21(27)16-18)17-37-23-22(25(34)35)24(38-30-23)29-26(36)28-7-5-3-4-6-8-31-9-11-32(12-10-31)13-14-33/h15-16,33H,3-14,17H2,1-2H3,(H,34,35)(H2,28,29,36). The molecule has 4 N–H and O–H groups in total. The van der Waals surface area contributed by atoms with Crippen LogP contribution in [0.3, 0.4) is 0 Å². The Labute approximate surface area is 226 Å². The van der Waals surface area contributed by atoms with Crippen molar-refractivity contribution in [2.75, 3.05) is 57.7 Å². The number of benzene rings is 1. The van der Waals surface area contributed by atoms with E-state index in [1.807, 2.05) is 6.07 Å². The first-order chi connectivity index (χ1) is 18.3. The van der Waals surface area contributed by atoms with Crippen LogP contribution in [0.5, 0.6) is 5.88 Å². The zero-order valence-corrected chi connectivity index (χ0v) is 22.9. The summed E-state index contributed by atoms with van der Waals surface area (Å²) in [6.07, 6.45) is 3.98. The number of aromatic carboxylic acids is 1. The van der Waals surface area contributed by atoms with Crippen LogP contribution in [0.15, 0.2) is 12.1 Å². The number of aryl methyl sites for hydroxylation is 2. The molecule has 1 aliphatic heterocycles. The maximum Gasteiger partial charge on any atom is 0.344 e. The molecule has 1 fully saturated rings. The van der Waals surface area contributed by atoms with Crippen molar-refractivity contribution in [1.82, 2.24) is 19.5 Å². The summed E-state index contributed by atoms with van der Waals surface area (Å²) >= 11 is 0.804. The molecule has 210 valence electrons. The molecule has 12 heteroatoms. The van der Waals surface area contributed by atoms with Gasteiger partial charge in [-0.2, -0.15) is 4.37 Å². The third-order valence-electron chi connectivity index (χ3n) is 6.59. The highest BCUT2D eigenvalue weighted by molar-refractivity contribution is 7.11. The fourth-order valence-electron chi connectivity index (χ4n) is 4.46. The van der Waals surface area contributed by atoms with E-state index in [1.165, 1.54) is 6.07 Å². The number of urea groups is 1. The number of carboxylic acid groups (broad SMARTS) is 1. The van der Waals surface area contributed by atoms with Gasteiger partial charge in [0.25, 0.3) is 0 Å². The molecule has 0 aliphatic carbocycles. The highest BCUT2D eigenvalue weighted by Crippen LogP contribution is 2.31. The minimum atomic E-state index is -1.29. The van der Waals surface area contributed by atoms with E-state index >= 15 is 0 Å². The largest absolute Gasteiger partial charge is 0.477 e. The van der Waals surface area contributed by atoms with E-state index in [9.17, 15) is 19.1 Å². The number of nitrogens with one attached hydrogen (secondary N) is 2. The Morgan fingerprint density at radius 1 is 1.08 bits per heavy atom. The van der Waals surface area contributed by atoms with Crippen LogP contribution in [0.1, 0.15) is 52.7 Å². The summed E-state index contributed by atoms with van der Waals surface area (Å²) < 4.78 is 23.9. The predicted molar refractivity (Wildman–Crippen MR) is 145 cm³/mol. The Kier molecular flexibility index (Phi) is 11.7. The van der Waals surface area contributed by atoms with E-state index in [-0.39, 0.29) is 29.7 Å². The normalized spacial score (nSPS) is 14.4. The smallest absolute Gasteiger partial charge is 0.344 e. The number of anilines is 1. The van der Waals surface area contributed by atoms with Crippen LogP contribution in [0.2, 0.25) is 0 Å². The number of nitrogens with zero attached hydrogens (tertiary/aromatic N) is 3. The molecule has 2 heterocycles. The molecule has 0 bridgehead atoms. The Morgan fingerprint density at radius 3 is 2.42 bits per heavy atom. The second-order valence-electron chi connectivity index (χ2n) is 9.53. The molecular weight excluding hydrogens is 513 g/mol. The first-order valence-corrected chi connectivity index (χ1v) is 13.8. The summed E-state index contributed by atoms with van der Waals surface area (Å²) in [6.45, 7) is 9.94. The Bertz CT molecular complexity index is 1050. The van der Waals surface area contributed by atoms with Gasteiger partial charge >= 0.3 is 12.0 Å². The number of amides is 2. The molecule has 0 unspecified atom stereocenters. The van der Waals surface area contributed by atoms with Gasteiger partial charge in [-0.15, -0.1) is 0 Å². The van der Waals surface area contributed by atoms with Gasteiger partial charge in [-0.1, -0.05) is 18.9 Å². The number of piperazine rings is 1. The van der Waals surface area contributed by atoms with Crippen LogP contribution in [-0.4, -0.2) is 88.8 Å². The van der Waals surface area contributed by atoms with Crippen molar-refractivity contribution in [3.8, 4) is 5.88 Å². The lowest BCUT2D eigenvalue weighted by atomic mass is 10.1. The number of unbranched alkanes of at least 4 members (excludes halogenated alkanes) is 3. The SMILES string of the molecule is Cc1cc(C)c(COc2nsc(NC(=O)NCCCCCCN3CCN(CCO)CC3)c2C(=O)O)c(F)c1. The number of hydrogen-bond donors (Lipinski definition) is 4. The molecule has 1 aliphatic rings. The van der Waals surface area contributed by atoms with Crippen molar-refractivity contribution < 1.29 is 28.9 Å². The third kappa shape index (κ3) is 8.90. The number of halogens is 1. The lowest BCUT2D eigenvalue weighted by Crippen LogP contribution is -2.47. The molecule has 0 radical (unpaired) electrons. The molecular formula is C26H38FN5O5S. The first kappa shape index (κ1) is 29.8. The van der Waals surface area contributed by atoms with Crippen LogP contribution in [0.25, 0.3) is 0 Å². The second-order valence-corrected chi connectivity index (χ2v) is 10.3. The molecule has 0 spiro atoms. The zero-order chi connectivity index (χ0) is 27.5. The minimum absolute atomic E-state index is 0.0604. The van der Waals surface area contributed by atoms with Gasteiger partial charge in [0.1, 0.15) is 17.4 Å². The predicted octanol–water partition coefficient (Wildman–Crippen LogP) is 3.47. The number of aromatic nitrogens is 1. The van der Waals surface area contributed by atoms with Gasteiger partial charge in [0, 0.05) is 44.8 Å². The highest BCUT2D eigenvalue weighted by atomic mass is 32.1. The van der Waals surface area contributed by atoms with Gasteiger partial charge in [-0.25, -0.2) is 14.0 Å². The van der Waals surface area contributed by atoms with Crippen molar-refractivity contribution in [3.05, 3.63) is 40.2 Å². The highest BCUT2D eigenvalue weighted by Gasteiger charge is 2.24. The van der Waals surface area contributed by atoms with Crippen LogP contribution < -0.4 is 15.4 Å². The lowest BCUT2D eigenvalue weighted by Gasteiger charge is -2.34. The molecule has 3 rings (SSSR count). The van der Waals surface area contributed by atoms with Crippen LogP contribution in [-0.2, 0) is 6.61 Å². The third-order valence-corrected chi connectivity index (χ3v) is 7.33. The van der Waals surface area contributed by atoms with E-state index in [1.54, 1.807) is 13.8 Å². The van der Waals surface area contributed by atoms with Crippen molar-refractivity contribution in [1.29, 1.82) is 0 Å². The van der Waals surface area contributed by atoms with Crippen LogP contribution in [0, 0.1) is 19.7 Å². The van der Waals surface area contributed by atoms with E-state index < -0.39 is 17.8 Å². The molecule has 38 heavy (non-hydrogen) atoms. The zero-order valence-electron chi connectivity index (χ0n) is 22.1. The number of carbonyl (C=O) groups is 2. The summed E-state index contributed by atoms with van der Waals surface area (Å²) in [4.78, 5) is 28.9. The van der Waals surface area contributed by atoms with Gasteiger partial charge < -0.3 is 25.2 Å². The van der Waals surface area contributed by atoms with Gasteiger partial charge in [-0.3, -0.25) is 10.2 Å². The van der Waals surface area contributed by atoms with E-state index in [4.69, 9.17) is 9.84 Å². The Balaban J connectivity index is 1.36. The monoisotopic (exact) mass is 551 g/mol. The van der Waals surface area contributed by atoms with E-state index in [0.29, 0.717) is 17.7 Å². The summed E-state index contributed by atoms with van der Waals surface area (Å²) in [5.41, 5.74) is 1.55. The van der Waals surface area contributed by atoms with Gasteiger partial charge in [0.2, 0.25) is 5.88 Å². The maximum absolute atomic E-state index is 14.3. The summed E-state index contributed by atoms with van der Waals surface area (Å²) in [7, 11) is 0. The van der Waals surface area contributed by atoms with Crippen molar-refractivity contribution in [2.24, 2.45) is 0 Å². The molecule has 1 aromatic carbocycles. The lowest BCUT2D eigenvalue weighted by molar-refractivity contribution is 0.0693. The van der Waals surface area contributed by atoms with Gasteiger partial charge in [-0.05, 0) is 62.0 Å². The number of carbonyl (C=O) groups excluding carboxylic acids is 1. The number of aliphatic hydroxyl groups excluding tert-OH is 1. The summed E-state index contributed by atoms with van der Waals surface area (Å²) in [6, 6.07) is 2.70. The van der Waals surface area contributed by atoms with E-state index in [2.05, 4.69) is 24.8 Å². The summed E-state index contributed by atoms with van der Waals surface area (Å²) in [5.74, 6) is -1.88. The molecule has 10 nitrogen and oxygen atoms in total. The van der Waals surface area contributed by atoms with Crippen LogP contribution in [0.4, 0.5) is 14.2 Å². The first-order valence-electron chi connectivity index (χ1n) is 13.0. The number of ether oxygens (including phenoxy) is 1. The fourth-order valence-corrected chi connectivity index (χ4v) is 5.18. The molecule has 1 saturated heterocycles. The van der Waals surface area contributed by atoms with Gasteiger partial charge in [0.05, 0.1) is 6.61 Å². The van der Waals surface area contributed by atoms with Gasteiger partial charge in [0.15, 0.2) is 5.56 Å². The second kappa shape index (κ2) is 15.0. The van der Waals surface area contributed by atoms with E-state index in [0.717, 1.165) is 82.0 Å². The Morgan fingerprint density at radius 2 is 1.76 bits per heavy atom. The molecule has 2 amide bonds. The maximum atomic E-state index is 14.3. The average Bonchev–Trinajstić information content (AvgIpc) is 3.26. The Hall–Kier alpha value is -2.80. The molecule has 2 aromatic rings. The number of carboxylic acids is 1. The van der Waals surface area contributed by atoms with Crippen molar-refractivity contribution >= 4 is 28.5 Å². The fraction of sp³-hybridized carbons (Fsp3) is 0.577. The quantitative estimate of drug-likeness (QED) is 0.263. The minimum Gasteiger partial charge on any atom is -0.477 e. The topological polar surface area (TPSA) is 127 Å². The number of β-amino-alcohol motifs (C(OH)–C–C–N with tert-alkyl or cyclic N) is 1. The number of hydrogen-bond acceptors (Lipinski definition) is 8. The van der Waals surface area contributed by atoms with Crippen molar-refractivity contribution in [3.63, 3.8) is 0 Å².